The molecule has 1 saturated heterocycles. The fourth-order valence-electron chi connectivity index (χ4n) is 6.95. The molecule has 0 aromatic heterocycles. The maximum absolute atomic E-state index is 14.7. The largest absolute Gasteiger partial charge is 0.488 e. The number of piperazine rings is 1. The SMILES string of the molecule is CC(C)CC(C(=O)N1CCN(C(c2ccc(F)cc2)c2ccc(F)cc2)CC1)N(Cc1ccc(OC(C)(C)C)cc1)Cc1ccc(OC(C)(C)C)cc1. The van der Waals surface area contributed by atoms with Gasteiger partial charge in [-0.3, -0.25) is 14.6 Å². The fraction of sp³-hybridized carbons (Fsp3) is 0.444. The Balaban J connectivity index is 1.38. The van der Waals surface area contributed by atoms with Crippen LogP contribution in [0.4, 0.5) is 8.78 Å². The zero-order valence-corrected chi connectivity index (χ0v) is 32.7. The van der Waals surface area contributed by atoms with Crippen molar-refractivity contribution in [2.75, 3.05) is 26.2 Å². The summed E-state index contributed by atoms with van der Waals surface area (Å²) in [6, 6.07) is 28.9. The van der Waals surface area contributed by atoms with Crippen molar-refractivity contribution >= 4 is 5.91 Å². The molecular formula is C45H57F2N3O3. The molecule has 1 aliphatic rings. The topological polar surface area (TPSA) is 45.3 Å². The lowest BCUT2D eigenvalue weighted by Gasteiger charge is -2.42. The van der Waals surface area contributed by atoms with Crippen LogP contribution in [0.15, 0.2) is 97.1 Å². The number of hydrogen-bond acceptors (Lipinski definition) is 5. The van der Waals surface area contributed by atoms with Crippen LogP contribution in [0, 0.1) is 17.6 Å². The average Bonchev–Trinajstić information content (AvgIpc) is 3.09. The van der Waals surface area contributed by atoms with E-state index in [1.807, 2.05) is 70.7 Å². The Hall–Kier alpha value is -4.27. The summed E-state index contributed by atoms with van der Waals surface area (Å²) in [5.74, 6) is 1.44. The Kier molecular flexibility index (Phi) is 13.0. The monoisotopic (exact) mass is 725 g/mol. The lowest BCUT2D eigenvalue weighted by molar-refractivity contribution is -0.140. The van der Waals surface area contributed by atoms with Gasteiger partial charge in [-0.05, 0) is 125 Å². The molecule has 53 heavy (non-hydrogen) atoms. The minimum Gasteiger partial charge on any atom is -0.488 e. The molecule has 1 amide bonds. The Morgan fingerprint density at radius 1 is 0.642 bits per heavy atom. The van der Waals surface area contributed by atoms with E-state index in [1.54, 1.807) is 24.3 Å². The molecule has 1 fully saturated rings. The van der Waals surface area contributed by atoms with Gasteiger partial charge >= 0.3 is 0 Å². The summed E-state index contributed by atoms with van der Waals surface area (Å²) in [5, 5.41) is 0. The number of carbonyl (C=O) groups excluding carboxylic acids is 1. The molecule has 4 aromatic rings. The number of rotatable bonds is 13. The summed E-state index contributed by atoms with van der Waals surface area (Å²) in [5.41, 5.74) is 3.47. The average molecular weight is 726 g/mol. The first-order valence-corrected chi connectivity index (χ1v) is 18.9. The van der Waals surface area contributed by atoms with E-state index >= 15 is 0 Å². The smallest absolute Gasteiger partial charge is 0.240 e. The van der Waals surface area contributed by atoms with Crippen molar-refractivity contribution in [1.82, 2.24) is 14.7 Å². The Bertz CT molecular complexity index is 1630. The van der Waals surface area contributed by atoms with Crippen LogP contribution in [0.5, 0.6) is 11.5 Å². The van der Waals surface area contributed by atoms with Gasteiger partial charge in [-0.2, -0.15) is 0 Å². The highest BCUT2D eigenvalue weighted by atomic mass is 19.1. The number of amides is 1. The number of hydrogen-bond donors (Lipinski definition) is 0. The molecule has 1 heterocycles. The van der Waals surface area contributed by atoms with Gasteiger partial charge in [0.15, 0.2) is 0 Å². The molecule has 1 unspecified atom stereocenters. The van der Waals surface area contributed by atoms with Crippen molar-refractivity contribution < 1.29 is 23.0 Å². The minimum atomic E-state index is -0.345. The van der Waals surface area contributed by atoms with Crippen molar-refractivity contribution in [2.24, 2.45) is 5.92 Å². The summed E-state index contributed by atoms with van der Waals surface area (Å²) in [7, 11) is 0. The van der Waals surface area contributed by atoms with Crippen LogP contribution in [-0.4, -0.2) is 64.0 Å². The van der Waals surface area contributed by atoms with Gasteiger partial charge in [0.2, 0.25) is 5.91 Å². The highest BCUT2D eigenvalue weighted by Gasteiger charge is 2.34. The van der Waals surface area contributed by atoms with Crippen LogP contribution in [-0.2, 0) is 17.9 Å². The molecule has 1 aliphatic heterocycles. The molecule has 1 atom stereocenters. The minimum absolute atomic E-state index is 0.124. The van der Waals surface area contributed by atoms with E-state index in [1.165, 1.54) is 24.3 Å². The molecule has 0 saturated carbocycles. The molecule has 0 spiro atoms. The van der Waals surface area contributed by atoms with Gasteiger partial charge in [0.25, 0.3) is 0 Å². The van der Waals surface area contributed by atoms with Crippen LogP contribution < -0.4 is 9.47 Å². The molecule has 4 aromatic carbocycles. The maximum atomic E-state index is 14.7. The van der Waals surface area contributed by atoms with Crippen LogP contribution in [0.1, 0.15) is 90.1 Å². The van der Waals surface area contributed by atoms with E-state index in [0.717, 1.165) is 33.8 Å². The van der Waals surface area contributed by atoms with Gasteiger partial charge < -0.3 is 14.4 Å². The lowest BCUT2D eigenvalue weighted by atomic mass is 9.95. The molecule has 8 heteroatoms. The first-order valence-electron chi connectivity index (χ1n) is 18.9. The predicted octanol–water partition coefficient (Wildman–Crippen LogP) is 9.67. The fourth-order valence-corrected chi connectivity index (χ4v) is 6.95. The number of halogens is 2. The van der Waals surface area contributed by atoms with Crippen LogP contribution in [0.3, 0.4) is 0 Å². The van der Waals surface area contributed by atoms with Crippen LogP contribution in [0.25, 0.3) is 0 Å². The number of carbonyl (C=O) groups is 1. The van der Waals surface area contributed by atoms with E-state index in [0.29, 0.717) is 51.6 Å². The van der Waals surface area contributed by atoms with Gasteiger partial charge in [0.05, 0.1) is 12.1 Å². The zero-order chi connectivity index (χ0) is 38.3. The highest BCUT2D eigenvalue weighted by Crippen LogP contribution is 2.31. The van der Waals surface area contributed by atoms with Gasteiger partial charge in [0.1, 0.15) is 34.3 Å². The van der Waals surface area contributed by atoms with Crippen molar-refractivity contribution in [3.05, 3.63) is 131 Å². The van der Waals surface area contributed by atoms with Crippen LogP contribution in [0.2, 0.25) is 0 Å². The zero-order valence-electron chi connectivity index (χ0n) is 32.7. The van der Waals surface area contributed by atoms with Crippen molar-refractivity contribution in [1.29, 1.82) is 0 Å². The second-order valence-corrected chi connectivity index (χ2v) is 16.6. The molecule has 284 valence electrons. The van der Waals surface area contributed by atoms with Crippen molar-refractivity contribution in [3.8, 4) is 11.5 Å². The molecule has 0 N–H and O–H groups in total. The Labute approximate surface area is 315 Å². The summed E-state index contributed by atoms with van der Waals surface area (Å²) in [4.78, 5) is 21.3. The molecule has 0 bridgehead atoms. The standard InChI is InChI=1S/C45H57F2N3O3/c1-32(2)29-41(43(51)49-27-25-48(26-28-49)42(35-13-17-37(46)18-14-35)36-15-19-38(47)20-16-36)50(30-33-9-21-39(22-10-33)52-44(3,4)5)31-34-11-23-40(24-12-34)53-45(6,7)8/h9-24,32,41-42H,25-31H2,1-8H3. The number of benzene rings is 4. The third kappa shape index (κ3) is 11.9. The third-order valence-corrected chi connectivity index (χ3v) is 9.25. The van der Waals surface area contributed by atoms with Gasteiger partial charge in [0, 0.05) is 39.3 Å². The van der Waals surface area contributed by atoms with Crippen molar-refractivity contribution in [3.63, 3.8) is 0 Å². The summed E-state index contributed by atoms with van der Waals surface area (Å²) in [6.07, 6.45) is 0.712. The molecule has 5 rings (SSSR count). The maximum Gasteiger partial charge on any atom is 0.240 e. The second kappa shape index (κ2) is 17.3. The predicted molar refractivity (Wildman–Crippen MR) is 209 cm³/mol. The summed E-state index contributed by atoms with van der Waals surface area (Å²) >= 11 is 0. The van der Waals surface area contributed by atoms with E-state index < -0.39 is 0 Å². The Morgan fingerprint density at radius 3 is 1.40 bits per heavy atom. The first-order chi connectivity index (χ1) is 25.0. The summed E-state index contributed by atoms with van der Waals surface area (Å²) in [6.45, 7) is 20.1. The number of nitrogens with zero attached hydrogens (tertiary/aromatic N) is 3. The van der Waals surface area contributed by atoms with Crippen molar-refractivity contribution in [2.45, 2.75) is 98.2 Å². The quantitative estimate of drug-likeness (QED) is 0.137. The molecular weight excluding hydrogens is 669 g/mol. The van der Waals surface area contributed by atoms with Gasteiger partial charge in [-0.25, -0.2) is 8.78 Å². The second-order valence-electron chi connectivity index (χ2n) is 16.6. The lowest BCUT2D eigenvalue weighted by Crippen LogP contribution is -2.55. The number of ether oxygens (including phenoxy) is 2. The first kappa shape index (κ1) is 39.9. The van der Waals surface area contributed by atoms with Gasteiger partial charge in [-0.15, -0.1) is 0 Å². The van der Waals surface area contributed by atoms with E-state index in [-0.39, 0.29) is 40.8 Å². The van der Waals surface area contributed by atoms with E-state index in [9.17, 15) is 13.6 Å². The normalized spacial score (nSPS) is 14.9. The van der Waals surface area contributed by atoms with Crippen LogP contribution >= 0.6 is 0 Å². The molecule has 6 nitrogen and oxygen atoms in total. The highest BCUT2D eigenvalue weighted by molar-refractivity contribution is 5.82. The molecule has 0 radical (unpaired) electrons. The van der Waals surface area contributed by atoms with E-state index in [4.69, 9.17) is 9.47 Å². The molecule has 0 aliphatic carbocycles. The third-order valence-electron chi connectivity index (χ3n) is 9.25. The summed E-state index contributed by atoms with van der Waals surface area (Å²) < 4.78 is 40.0. The van der Waals surface area contributed by atoms with Gasteiger partial charge in [-0.1, -0.05) is 62.4 Å². The Morgan fingerprint density at radius 2 is 1.04 bits per heavy atom. The van der Waals surface area contributed by atoms with E-state index in [2.05, 4.69) is 47.9 Å².